The van der Waals surface area contributed by atoms with Gasteiger partial charge in [-0.2, -0.15) is 0 Å². The van der Waals surface area contributed by atoms with Crippen LogP contribution in [-0.4, -0.2) is 32.0 Å². The first kappa shape index (κ1) is 22.7. The number of rotatable bonds is 4. The Bertz CT molecular complexity index is 996. The molecule has 5 heteroatoms. The number of allylic oxidation sites excluding steroid dienone is 1. The van der Waals surface area contributed by atoms with E-state index in [9.17, 15) is 9.18 Å². The largest absolute Gasteiger partial charge is 0.369 e. The van der Waals surface area contributed by atoms with Crippen molar-refractivity contribution in [2.24, 2.45) is 0 Å². The number of benzene rings is 3. The molecular formula is C26H26ClFN2O. The third kappa shape index (κ3) is 7.06. The van der Waals surface area contributed by atoms with Crippen molar-refractivity contribution in [3.63, 3.8) is 0 Å². The lowest BCUT2D eigenvalue weighted by Crippen LogP contribution is -2.43. The Morgan fingerprint density at radius 2 is 1.55 bits per heavy atom. The maximum absolute atomic E-state index is 12.6. The Hall–Kier alpha value is -2.95. The molecule has 1 heterocycles. The number of hydrogen-bond acceptors (Lipinski definition) is 3. The lowest BCUT2D eigenvalue weighted by Gasteiger charge is -2.29. The molecule has 160 valence electrons. The molecule has 0 bridgehead atoms. The smallest absolute Gasteiger partial charge is 0.188 e. The molecule has 0 amide bonds. The normalized spacial score (nSPS) is 13.9. The standard InChI is InChI=1S/C16H13ClO.C10H13FN2/c1-12(11-13-7-9-15(17)10-8-13)16(18)14-5-3-2-4-6-14;11-9-1-3-10(4-2-9)13-7-5-12-6-8-13/h2-11H,1H3;1-4,12H,5-8H2/b12-11+;. The van der Waals surface area contributed by atoms with E-state index in [0.717, 1.165) is 37.4 Å². The van der Waals surface area contributed by atoms with Crippen molar-refractivity contribution >= 4 is 29.1 Å². The number of nitrogens with zero attached hydrogens (tertiary/aromatic N) is 1. The van der Waals surface area contributed by atoms with Crippen LogP contribution in [0, 0.1) is 5.82 Å². The summed E-state index contributed by atoms with van der Waals surface area (Å²) in [5, 5.41) is 3.97. The average molecular weight is 437 g/mol. The van der Waals surface area contributed by atoms with Crippen LogP contribution in [0.3, 0.4) is 0 Å². The zero-order valence-corrected chi connectivity index (χ0v) is 18.3. The molecule has 1 fully saturated rings. The predicted octanol–water partition coefficient (Wildman–Crippen LogP) is 5.86. The van der Waals surface area contributed by atoms with Gasteiger partial charge in [0.2, 0.25) is 0 Å². The third-order valence-electron chi connectivity index (χ3n) is 4.96. The topological polar surface area (TPSA) is 32.3 Å². The van der Waals surface area contributed by atoms with Crippen LogP contribution >= 0.6 is 11.6 Å². The van der Waals surface area contributed by atoms with Crippen molar-refractivity contribution in [2.45, 2.75) is 6.92 Å². The third-order valence-corrected chi connectivity index (χ3v) is 5.21. The second-order valence-electron chi connectivity index (χ2n) is 7.29. The van der Waals surface area contributed by atoms with Gasteiger partial charge >= 0.3 is 0 Å². The fourth-order valence-corrected chi connectivity index (χ4v) is 3.39. The number of ketones is 1. The van der Waals surface area contributed by atoms with E-state index >= 15 is 0 Å². The highest BCUT2D eigenvalue weighted by molar-refractivity contribution is 6.30. The Balaban J connectivity index is 0.000000185. The molecule has 3 aromatic rings. The number of nitrogens with one attached hydrogen (secondary N) is 1. The van der Waals surface area contributed by atoms with Crippen LogP contribution in [0.2, 0.25) is 5.02 Å². The average Bonchev–Trinajstić information content (AvgIpc) is 2.82. The van der Waals surface area contributed by atoms with Crippen LogP contribution in [0.15, 0.2) is 84.4 Å². The molecule has 3 nitrogen and oxygen atoms in total. The molecule has 1 aliphatic rings. The maximum Gasteiger partial charge on any atom is 0.188 e. The van der Waals surface area contributed by atoms with E-state index in [1.54, 1.807) is 0 Å². The van der Waals surface area contributed by atoms with E-state index in [-0.39, 0.29) is 11.6 Å². The van der Waals surface area contributed by atoms with E-state index in [4.69, 9.17) is 11.6 Å². The summed E-state index contributed by atoms with van der Waals surface area (Å²) in [6, 6.07) is 23.4. The van der Waals surface area contributed by atoms with E-state index in [1.807, 2.05) is 79.7 Å². The van der Waals surface area contributed by atoms with Crippen molar-refractivity contribution in [3.05, 3.63) is 106 Å². The number of carbonyl (C=O) groups is 1. The minimum atomic E-state index is -0.168. The predicted molar refractivity (Wildman–Crippen MR) is 127 cm³/mol. The molecule has 0 unspecified atom stereocenters. The molecule has 1 saturated heterocycles. The molecule has 1 aliphatic heterocycles. The molecule has 0 saturated carbocycles. The molecule has 0 radical (unpaired) electrons. The summed E-state index contributed by atoms with van der Waals surface area (Å²) < 4.78 is 12.6. The minimum absolute atomic E-state index is 0.0468. The van der Waals surface area contributed by atoms with Gasteiger partial charge in [0.05, 0.1) is 0 Å². The number of carbonyl (C=O) groups excluding carboxylic acids is 1. The summed E-state index contributed by atoms with van der Waals surface area (Å²) in [7, 11) is 0. The number of anilines is 1. The second kappa shape index (κ2) is 11.4. The van der Waals surface area contributed by atoms with Crippen molar-refractivity contribution in [3.8, 4) is 0 Å². The Morgan fingerprint density at radius 3 is 2.16 bits per heavy atom. The van der Waals surface area contributed by atoms with Crippen LogP contribution < -0.4 is 10.2 Å². The minimum Gasteiger partial charge on any atom is -0.369 e. The first-order valence-corrected chi connectivity index (χ1v) is 10.7. The molecule has 0 spiro atoms. The monoisotopic (exact) mass is 436 g/mol. The van der Waals surface area contributed by atoms with E-state index < -0.39 is 0 Å². The van der Waals surface area contributed by atoms with Crippen molar-refractivity contribution in [1.29, 1.82) is 0 Å². The summed E-state index contributed by atoms with van der Waals surface area (Å²) in [4.78, 5) is 14.4. The molecule has 3 aromatic carbocycles. The fraction of sp³-hybridized carbons (Fsp3) is 0.192. The first-order chi connectivity index (χ1) is 15.0. The SMILES string of the molecule is C/C(=C\c1ccc(Cl)cc1)C(=O)c1ccccc1.Fc1ccc(N2CCNCC2)cc1. The molecule has 4 rings (SSSR count). The highest BCUT2D eigenvalue weighted by Crippen LogP contribution is 2.16. The Labute approximate surface area is 188 Å². The van der Waals surface area contributed by atoms with E-state index in [0.29, 0.717) is 16.2 Å². The Kier molecular flexibility index (Phi) is 8.39. The number of piperazine rings is 1. The summed E-state index contributed by atoms with van der Waals surface area (Å²) in [6.45, 7) is 5.86. The molecule has 0 atom stereocenters. The summed E-state index contributed by atoms with van der Waals surface area (Å²) >= 11 is 5.82. The van der Waals surface area contributed by atoms with Crippen LogP contribution in [0.5, 0.6) is 0 Å². The highest BCUT2D eigenvalue weighted by Gasteiger charge is 2.09. The van der Waals surface area contributed by atoms with Crippen LogP contribution in [-0.2, 0) is 0 Å². The van der Waals surface area contributed by atoms with Crippen molar-refractivity contribution < 1.29 is 9.18 Å². The Morgan fingerprint density at radius 1 is 0.935 bits per heavy atom. The van der Waals surface area contributed by atoms with Crippen LogP contribution in [0.25, 0.3) is 6.08 Å². The van der Waals surface area contributed by atoms with Crippen molar-refractivity contribution in [1.82, 2.24) is 5.32 Å². The number of Topliss-reactive ketones (excluding diaryl/α,β-unsaturated/α-hetero) is 1. The molecule has 1 N–H and O–H groups in total. The quantitative estimate of drug-likeness (QED) is 0.410. The van der Waals surface area contributed by atoms with Gasteiger partial charge in [0, 0.05) is 42.5 Å². The second-order valence-corrected chi connectivity index (χ2v) is 7.72. The fourth-order valence-electron chi connectivity index (χ4n) is 3.27. The number of hydrogen-bond donors (Lipinski definition) is 1. The van der Waals surface area contributed by atoms with Gasteiger partial charge in [-0.15, -0.1) is 0 Å². The van der Waals surface area contributed by atoms with Crippen molar-refractivity contribution in [2.75, 3.05) is 31.1 Å². The van der Waals surface area contributed by atoms with Gasteiger partial charge in [-0.3, -0.25) is 4.79 Å². The zero-order chi connectivity index (χ0) is 22.1. The van der Waals surface area contributed by atoms with Gasteiger partial charge in [0.25, 0.3) is 0 Å². The van der Waals surface area contributed by atoms with Gasteiger partial charge in [0.15, 0.2) is 5.78 Å². The highest BCUT2D eigenvalue weighted by atomic mass is 35.5. The lowest BCUT2D eigenvalue weighted by atomic mass is 10.0. The lowest BCUT2D eigenvalue weighted by molar-refractivity contribution is 0.103. The van der Waals surface area contributed by atoms with Gasteiger partial charge in [-0.05, 0) is 60.5 Å². The van der Waals surface area contributed by atoms with E-state index in [2.05, 4.69) is 10.2 Å². The van der Waals surface area contributed by atoms with Gasteiger partial charge in [0.1, 0.15) is 5.82 Å². The molecule has 31 heavy (non-hydrogen) atoms. The van der Waals surface area contributed by atoms with Gasteiger partial charge in [-0.1, -0.05) is 54.1 Å². The van der Waals surface area contributed by atoms with Crippen LogP contribution in [0.4, 0.5) is 10.1 Å². The first-order valence-electron chi connectivity index (χ1n) is 10.3. The molecular weight excluding hydrogens is 411 g/mol. The van der Waals surface area contributed by atoms with E-state index in [1.165, 1.54) is 12.1 Å². The maximum atomic E-state index is 12.6. The van der Waals surface area contributed by atoms with Gasteiger partial charge in [-0.25, -0.2) is 4.39 Å². The summed E-state index contributed by atoms with van der Waals surface area (Å²) in [5.74, 6) is -0.121. The van der Waals surface area contributed by atoms with Crippen LogP contribution in [0.1, 0.15) is 22.8 Å². The summed E-state index contributed by atoms with van der Waals surface area (Å²) in [6.07, 6.45) is 1.87. The van der Waals surface area contributed by atoms with Gasteiger partial charge < -0.3 is 10.2 Å². The zero-order valence-electron chi connectivity index (χ0n) is 17.5. The molecule has 0 aliphatic carbocycles. The summed E-state index contributed by atoms with van der Waals surface area (Å²) in [5.41, 5.74) is 3.51. The number of halogens is 2. The molecule has 0 aromatic heterocycles.